The van der Waals surface area contributed by atoms with Crippen LogP contribution in [-0.2, 0) is 22.6 Å². The summed E-state index contributed by atoms with van der Waals surface area (Å²) in [5, 5.41) is 5.90. The van der Waals surface area contributed by atoms with Crippen LogP contribution in [0.1, 0.15) is 37.7 Å². The SMILES string of the molecule is COc1ccc(C[C@]2(CCC(=O)NCCCn3ccnc3)CCC(=O)N2)c(F)c1. The van der Waals surface area contributed by atoms with Crippen LogP contribution in [0.15, 0.2) is 36.9 Å². The summed E-state index contributed by atoms with van der Waals surface area (Å²) in [5.41, 5.74) is -0.0885. The van der Waals surface area contributed by atoms with Gasteiger partial charge in [0, 0.05) is 49.9 Å². The van der Waals surface area contributed by atoms with E-state index in [1.165, 1.54) is 13.2 Å². The highest BCUT2D eigenvalue weighted by molar-refractivity contribution is 5.80. The molecule has 1 aliphatic heterocycles. The standard InChI is InChI=1S/C21H27FN4O3/c1-29-17-4-3-16(18(22)13-17)14-21(8-6-20(28)25-21)7-5-19(27)24-9-2-11-26-12-10-23-15-26/h3-4,10,12-13,15H,2,5-9,11,14H2,1H3,(H,24,27)(H,25,28)/t21-/m0/s1. The van der Waals surface area contributed by atoms with Crippen LogP contribution in [0, 0.1) is 5.82 Å². The summed E-state index contributed by atoms with van der Waals surface area (Å²) in [4.78, 5) is 28.1. The van der Waals surface area contributed by atoms with Gasteiger partial charge in [-0.05, 0) is 37.3 Å². The van der Waals surface area contributed by atoms with Gasteiger partial charge in [0.2, 0.25) is 11.8 Å². The Morgan fingerprint density at radius 1 is 1.45 bits per heavy atom. The molecule has 0 unspecified atom stereocenters. The molecule has 156 valence electrons. The van der Waals surface area contributed by atoms with Crippen LogP contribution in [0.5, 0.6) is 5.75 Å². The smallest absolute Gasteiger partial charge is 0.220 e. The number of ether oxygens (including phenoxy) is 1. The van der Waals surface area contributed by atoms with E-state index in [0.717, 1.165) is 13.0 Å². The second-order valence-corrected chi connectivity index (χ2v) is 7.47. The molecule has 1 atom stereocenters. The van der Waals surface area contributed by atoms with Crippen molar-refractivity contribution in [3.05, 3.63) is 48.3 Å². The number of carbonyl (C=O) groups is 2. The Kier molecular flexibility index (Phi) is 6.85. The Hall–Kier alpha value is -2.90. The van der Waals surface area contributed by atoms with E-state index in [1.807, 2.05) is 10.8 Å². The lowest BCUT2D eigenvalue weighted by molar-refractivity contribution is -0.122. The molecule has 0 bridgehead atoms. The number of imidazole rings is 1. The highest BCUT2D eigenvalue weighted by Gasteiger charge is 2.38. The third-order valence-electron chi connectivity index (χ3n) is 5.33. The number of halogens is 1. The first-order valence-electron chi connectivity index (χ1n) is 9.85. The van der Waals surface area contributed by atoms with Crippen LogP contribution in [0.2, 0.25) is 0 Å². The van der Waals surface area contributed by atoms with Crippen molar-refractivity contribution >= 4 is 11.8 Å². The Morgan fingerprint density at radius 2 is 2.31 bits per heavy atom. The first-order chi connectivity index (χ1) is 14.0. The third-order valence-corrected chi connectivity index (χ3v) is 5.33. The number of amides is 2. The Labute approximate surface area is 169 Å². The Bertz CT molecular complexity index is 840. The predicted octanol–water partition coefficient (Wildman–Crippen LogP) is 2.21. The molecule has 7 nitrogen and oxygen atoms in total. The van der Waals surface area contributed by atoms with Gasteiger partial charge in [-0.15, -0.1) is 0 Å². The molecule has 0 saturated carbocycles. The zero-order valence-corrected chi connectivity index (χ0v) is 16.6. The molecule has 1 aromatic carbocycles. The average molecular weight is 402 g/mol. The average Bonchev–Trinajstić information content (AvgIpc) is 3.35. The van der Waals surface area contributed by atoms with E-state index in [-0.39, 0.29) is 24.1 Å². The molecule has 1 aliphatic rings. The number of rotatable bonds is 10. The van der Waals surface area contributed by atoms with Crippen molar-refractivity contribution in [1.29, 1.82) is 0 Å². The van der Waals surface area contributed by atoms with Crippen molar-refractivity contribution in [2.24, 2.45) is 0 Å². The minimum absolute atomic E-state index is 0.0559. The highest BCUT2D eigenvalue weighted by Crippen LogP contribution is 2.31. The minimum Gasteiger partial charge on any atom is -0.497 e. The lowest BCUT2D eigenvalue weighted by Crippen LogP contribution is -2.44. The van der Waals surface area contributed by atoms with Crippen LogP contribution >= 0.6 is 0 Å². The quantitative estimate of drug-likeness (QED) is 0.597. The van der Waals surface area contributed by atoms with Gasteiger partial charge < -0.3 is 19.9 Å². The molecule has 2 amide bonds. The molecule has 0 aliphatic carbocycles. The van der Waals surface area contributed by atoms with Gasteiger partial charge in [0.15, 0.2) is 0 Å². The third kappa shape index (κ3) is 5.79. The fourth-order valence-electron chi connectivity index (χ4n) is 3.69. The van der Waals surface area contributed by atoms with Gasteiger partial charge >= 0.3 is 0 Å². The lowest BCUT2D eigenvalue weighted by Gasteiger charge is -2.29. The van der Waals surface area contributed by atoms with Crippen molar-refractivity contribution in [2.75, 3.05) is 13.7 Å². The monoisotopic (exact) mass is 402 g/mol. The molecule has 2 heterocycles. The summed E-state index contributed by atoms with van der Waals surface area (Å²) in [6, 6.07) is 4.72. The molecule has 8 heteroatoms. The minimum atomic E-state index is -0.597. The van der Waals surface area contributed by atoms with Crippen LogP contribution in [0.3, 0.4) is 0 Å². The van der Waals surface area contributed by atoms with E-state index in [4.69, 9.17) is 4.74 Å². The van der Waals surface area contributed by atoms with Crippen molar-refractivity contribution in [3.63, 3.8) is 0 Å². The molecule has 0 spiro atoms. The van der Waals surface area contributed by atoms with E-state index in [1.54, 1.807) is 24.7 Å². The number of hydrogen-bond acceptors (Lipinski definition) is 4. The zero-order chi connectivity index (χ0) is 20.7. The maximum atomic E-state index is 14.4. The molecule has 0 radical (unpaired) electrons. The first-order valence-corrected chi connectivity index (χ1v) is 9.85. The molecular weight excluding hydrogens is 375 g/mol. The Balaban J connectivity index is 1.52. The van der Waals surface area contributed by atoms with E-state index in [0.29, 0.717) is 43.5 Å². The second-order valence-electron chi connectivity index (χ2n) is 7.47. The number of carbonyl (C=O) groups excluding carboxylic acids is 2. The van der Waals surface area contributed by atoms with Crippen LogP contribution in [0.25, 0.3) is 0 Å². The molecule has 2 N–H and O–H groups in total. The molecule has 3 rings (SSSR count). The zero-order valence-electron chi connectivity index (χ0n) is 16.6. The van der Waals surface area contributed by atoms with Crippen LogP contribution in [-0.4, -0.2) is 40.6 Å². The summed E-state index contributed by atoms with van der Waals surface area (Å²) < 4.78 is 21.4. The van der Waals surface area contributed by atoms with E-state index in [9.17, 15) is 14.0 Å². The summed E-state index contributed by atoms with van der Waals surface area (Å²) in [6.45, 7) is 1.36. The van der Waals surface area contributed by atoms with Gasteiger partial charge in [0.05, 0.1) is 13.4 Å². The van der Waals surface area contributed by atoms with Gasteiger partial charge in [-0.2, -0.15) is 0 Å². The van der Waals surface area contributed by atoms with E-state index in [2.05, 4.69) is 15.6 Å². The first kappa shape index (κ1) is 20.8. The summed E-state index contributed by atoms with van der Waals surface area (Å²) in [7, 11) is 1.49. The van der Waals surface area contributed by atoms with Crippen LogP contribution in [0.4, 0.5) is 4.39 Å². The van der Waals surface area contributed by atoms with E-state index < -0.39 is 5.54 Å². The fraction of sp³-hybridized carbons (Fsp3) is 0.476. The summed E-state index contributed by atoms with van der Waals surface area (Å²) in [5.74, 6) is -0.0364. The molecule has 1 saturated heterocycles. The second kappa shape index (κ2) is 9.54. The van der Waals surface area contributed by atoms with Crippen LogP contribution < -0.4 is 15.4 Å². The maximum absolute atomic E-state index is 14.4. The summed E-state index contributed by atoms with van der Waals surface area (Å²) in [6.07, 6.45) is 8.23. The highest BCUT2D eigenvalue weighted by atomic mass is 19.1. The number of benzene rings is 1. The van der Waals surface area contributed by atoms with Crippen molar-refractivity contribution in [3.8, 4) is 5.75 Å². The maximum Gasteiger partial charge on any atom is 0.220 e. The van der Waals surface area contributed by atoms with Gasteiger partial charge in [-0.3, -0.25) is 9.59 Å². The molecule has 1 aromatic heterocycles. The number of aryl methyl sites for hydroxylation is 1. The van der Waals surface area contributed by atoms with Crippen molar-refractivity contribution in [2.45, 2.75) is 50.6 Å². The van der Waals surface area contributed by atoms with Crippen molar-refractivity contribution in [1.82, 2.24) is 20.2 Å². The number of nitrogens with one attached hydrogen (secondary N) is 2. The number of aromatic nitrogens is 2. The number of hydrogen-bond donors (Lipinski definition) is 2. The number of methoxy groups -OCH3 is 1. The van der Waals surface area contributed by atoms with Gasteiger partial charge in [-0.25, -0.2) is 9.37 Å². The van der Waals surface area contributed by atoms with Crippen molar-refractivity contribution < 1.29 is 18.7 Å². The normalized spacial score (nSPS) is 18.5. The van der Waals surface area contributed by atoms with E-state index >= 15 is 0 Å². The molecular formula is C21H27FN4O3. The lowest BCUT2D eigenvalue weighted by atomic mass is 9.84. The summed E-state index contributed by atoms with van der Waals surface area (Å²) >= 11 is 0. The molecule has 2 aromatic rings. The fourth-order valence-corrected chi connectivity index (χ4v) is 3.69. The molecule has 1 fully saturated rings. The van der Waals surface area contributed by atoms with Gasteiger partial charge in [-0.1, -0.05) is 6.07 Å². The topological polar surface area (TPSA) is 85.2 Å². The van der Waals surface area contributed by atoms with Gasteiger partial charge in [0.1, 0.15) is 11.6 Å². The Morgan fingerprint density at radius 3 is 2.97 bits per heavy atom. The molecule has 29 heavy (non-hydrogen) atoms. The number of nitrogens with zero attached hydrogens (tertiary/aromatic N) is 2. The predicted molar refractivity (Wildman–Crippen MR) is 106 cm³/mol. The van der Waals surface area contributed by atoms with Gasteiger partial charge in [0.25, 0.3) is 0 Å². The largest absolute Gasteiger partial charge is 0.497 e.